The predicted octanol–water partition coefficient (Wildman–Crippen LogP) is 3.98. The molecule has 2 aliphatic heterocycles. The lowest BCUT2D eigenvalue weighted by molar-refractivity contribution is -0.118. The molecule has 1 N–H and O–H groups in total. The van der Waals surface area contributed by atoms with E-state index in [0.717, 1.165) is 11.3 Å². The van der Waals surface area contributed by atoms with E-state index in [1.54, 1.807) is 0 Å². The van der Waals surface area contributed by atoms with Crippen molar-refractivity contribution in [3.05, 3.63) is 70.8 Å². The Morgan fingerprint density at radius 1 is 1.12 bits per heavy atom. The summed E-state index contributed by atoms with van der Waals surface area (Å²) in [6.45, 7) is 4.72. The van der Waals surface area contributed by atoms with Gasteiger partial charge in [-0.2, -0.15) is 0 Å². The van der Waals surface area contributed by atoms with Crippen molar-refractivity contribution in [2.75, 3.05) is 11.4 Å². The molecule has 0 aromatic heterocycles. The number of fused-ring (bicyclic) bond motifs is 3. The van der Waals surface area contributed by atoms with Crippen LogP contribution in [0.3, 0.4) is 0 Å². The zero-order valence-corrected chi connectivity index (χ0v) is 14.5. The Hall–Kier alpha value is -2.26. The minimum atomic E-state index is -0.576. The number of anilines is 1. The lowest BCUT2D eigenvalue weighted by Crippen LogP contribution is -2.58. The SMILES string of the molecule is CC1(C)c2ccccc2N2CC(=O)N[C@@]21C=Cc1ccccc1Cl. The second-order valence-corrected chi connectivity index (χ2v) is 7.30. The minimum Gasteiger partial charge on any atom is -0.335 e. The average Bonchev–Trinajstić information content (AvgIpc) is 2.99. The summed E-state index contributed by atoms with van der Waals surface area (Å²) in [5, 5.41) is 3.92. The highest BCUT2D eigenvalue weighted by Crippen LogP contribution is 2.52. The van der Waals surface area contributed by atoms with E-state index in [9.17, 15) is 4.79 Å². The summed E-state index contributed by atoms with van der Waals surface area (Å²) in [6, 6.07) is 16.0. The minimum absolute atomic E-state index is 0.0430. The van der Waals surface area contributed by atoms with Gasteiger partial charge in [-0.3, -0.25) is 4.79 Å². The van der Waals surface area contributed by atoms with Crippen molar-refractivity contribution in [2.45, 2.75) is 24.9 Å². The van der Waals surface area contributed by atoms with E-state index in [2.05, 4.69) is 48.3 Å². The molecule has 1 saturated heterocycles. The molecule has 1 amide bonds. The number of rotatable bonds is 2. The van der Waals surface area contributed by atoms with Crippen LogP contribution in [0.1, 0.15) is 25.0 Å². The van der Waals surface area contributed by atoms with Gasteiger partial charge in [0.05, 0.1) is 6.54 Å². The summed E-state index contributed by atoms with van der Waals surface area (Å²) in [4.78, 5) is 14.4. The summed E-state index contributed by atoms with van der Waals surface area (Å²) in [5.41, 5.74) is 2.47. The molecular formula is C20H19ClN2O. The third-order valence-corrected chi connectivity index (χ3v) is 5.63. The van der Waals surface area contributed by atoms with Gasteiger partial charge in [-0.15, -0.1) is 0 Å². The first-order chi connectivity index (χ1) is 11.5. The highest BCUT2D eigenvalue weighted by Gasteiger charge is 2.59. The maximum atomic E-state index is 12.2. The first-order valence-electron chi connectivity index (χ1n) is 8.08. The van der Waals surface area contributed by atoms with Gasteiger partial charge in [-0.05, 0) is 29.3 Å². The second kappa shape index (κ2) is 5.12. The smallest absolute Gasteiger partial charge is 0.241 e. The van der Waals surface area contributed by atoms with Gasteiger partial charge in [0, 0.05) is 16.1 Å². The van der Waals surface area contributed by atoms with Crippen LogP contribution in [0.4, 0.5) is 5.69 Å². The van der Waals surface area contributed by atoms with Gasteiger partial charge >= 0.3 is 0 Å². The Labute approximate surface area is 146 Å². The Balaban J connectivity index is 1.86. The second-order valence-electron chi connectivity index (χ2n) is 6.90. The maximum absolute atomic E-state index is 12.2. The van der Waals surface area contributed by atoms with Gasteiger partial charge in [0.15, 0.2) is 0 Å². The molecule has 2 aromatic rings. The molecule has 3 nitrogen and oxygen atoms in total. The first-order valence-corrected chi connectivity index (χ1v) is 8.45. The quantitative estimate of drug-likeness (QED) is 0.898. The molecule has 1 fully saturated rings. The fraction of sp³-hybridized carbons (Fsp3) is 0.250. The van der Waals surface area contributed by atoms with E-state index >= 15 is 0 Å². The molecular weight excluding hydrogens is 320 g/mol. The molecule has 122 valence electrons. The summed E-state index contributed by atoms with van der Waals surface area (Å²) in [7, 11) is 0. The number of carbonyl (C=O) groups is 1. The van der Waals surface area contributed by atoms with Crippen molar-refractivity contribution in [1.82, 2.24) is 5.32 Å². The van der Waals surface area contributed by atoms with Crippen LogP contribution in [0.2, 0.25) is 5.02 Å². The molecule has 0 saturated carbocycles. The van der Waals surface area contributed by atoms with Crippen LogP contribution in [0, 0.1) is 0 Å². The lowest BCUT2D eigenvalue weighted by atomic mass is 9.75. The van der Waals surface area contributed by atoms with Gasteiger partial charge in [0.25, 0.3) is 0 Å². The highest BCUT2D eigenvalue weighted by atomic mass is 35.5. The number of halogens is 1. The van der Waals surface area contributed by atoms with Crippen LogP contribution in [-0.4, -0.2) is 18.1 Å². The Morgan fingerprint density at radius 2 is 1.83 bits per heavy atom. The van der Waals surface area contributed by atoms with E-state index < -0.39 is 5.66 Å². The number of hydrogen-bond acceptors (Lipinski definition) is 2. The zero-order valence-electron chi connectivity index (χ0n) is 13.7. The molecule has 2 heterocycles. The number of carbonyl (C=O) groups excluding carboxylic acids is 1. The van der Waals surface area contributed by atoms with Crippen LogP contribution in [0.5, 0.6) is 0 Å². The van der Waals surface area contributed by atoms with Crippen molar-refractivity contribution < 1.29 is 4.79 Å². The fourth-order valence-corrected chi connectivity index (χ4v) is 4.16. The van der Waals surface area contributed by atoms with Crippen LogP contribution in [-0.2, 0) is 10.2 Å². The predicted molar refractivity (Wildman–Crippen MR) is 98.2 cm³/mol. The molecule has 0 spiro atoms. The molecule has 0 radical (unpaired) electrons. The fourth-order valence-electron chi connectivity index (χ4n) is 3.96. The molecule has 1 atom stereocenters. The van der Waals surface area contributed by atoms with Crippen molar-refractivity contribution in [1.29, 1.82) is 0 Å². The van der Waals surface area contributed by atoms with Crippen molar-refractivity contribution in [3.8, 4) is 0 Å². The van der Waals surface area contributed by atoms with Gasteiger partial charge in [-0.1, -0.05) is 67.9 Å². The van der Waals surface area contributed by atoms with E-state index in [4.69, 9.17) is 11.6 Å². The number of benzene rings is 2. The van der Waals surface area contributed by atoms with Crippen LogP contribution in [0.15, 0.2) is 54.6 Å². The average molecular weight is 339 g/mol. The third-order valence-electron chi connectivity index (χ3n) is 5.29. The summed E-state index contributed by atoms with van der Waals surface area (Å²) >= 11 is 6.29. The van der Waals surface area contributed by atoms with Crippen LogP contribution >= 0.6 is 11.6 Å². The molecule has 4 rings (SSSR count). The topological polar surface area (TPSA) is 32.3 Å². The molecule has 2 aliphatic rings. The Bertz CT molecular complexity index is 858. The van der Waals surface area contributed by atoms with E-state index in [-0.39, 0.29) is 11.3 Å². The van der Waals surface area contributed by atoms with Gasteiger partial charge in [-0.25, -0.2) is 0 Å². The van der Waals surface area contributed by atoms with Crippen molar-refractivity contribution in [2.24, 2.45) is 0 Å². The number of nitrogens with zero attached hydrogens (tertiary/aromatic N) is 1. The molecule has 24 heavy (non-hydrogen) atoms. The van der Waals surface area contributed by atoms with Crippen molar-refractivity contribution >= 4 is 29.3 Å². The van der Waals surface area contributed by atoms with Crippen molar-refractivity contribution in [3.63, 3.8) is 0 Å². The number of amides is 1. The third kappa shape index (κ3) is 1.94. The number of hydrogen-bond donors (Lipinski definition) is 1. The van der Waals surface area contributed by atoms with Crippen LogP contribution in [0.25, 0.3) is 6.08 Å². The lowest BCUT2D eigenvalue weighted by Gasteiger charge is -2.40. The highest BCUT2D eigenvalue weighted by molar-refractivity contribution is 6.32. The molecule has 0 bridgehead atoms. The Morgan fingerprint density at radius 3 is 2.62 bits per heavy atom. The molecule has 4 heteroatoms. The normalized spacial score (nSPS) is 24.1. The van der Waals surface area contributed by atoms with Crippen LogP contribution < -0.4 is 10.2 Å². The van der Waals surface area contributed by atoms with E-state index in [0.29, 0.717) is 11.6 Å². The van der Waals surface area contributed by atoms with E-state index in [1.165, 1.54) is 5.56 Å². The Kier molecular flexibility index (Phi) is 3.26. The first kappa shape index (κ1) is 15.3. The van der Waals surface area contributed by atoms with Gasteiger partial charge in [0.1, 0.15) is 5.66 Å². The maximum Gasteiger partial charge on any atom is 0.241 e. The monoisotopic (exact) mass is 338 g/mol. The number of nitrogens with one attached hydrogen (secondary N) is 1. The summed E-state index contributed by atoms with van der Waals surface area (Å²) < 4.78 is 0. The summed E-state index contributed by atoms with van der Waals surface area (Å²) in [5.74, 6) is 0.0430. The molecule has 0 unspecified atom stereocenters. The van der Waals surface area contributed by atoms with E-state index in [1.807, 2.05) is 36.4 Å². The molecule has 2 aromatic carbocycles. The van der Waals surface area contributed by atoms with Gasteiger partial charge in [0.2, 0.25) is 5.91 Å². The summed E-state index contributed by atoms with van der Waals surface area (Å²) in [6.07, 6.45) is 4.09. The molecule has 0 aliphatic carbocycles. The zero-order chi connectivity index (χ0) is 16.9. The standard InChI is InChI=1S/C20H19ClN2O/c1-19(2)15-8-4-6-10-17(15)23-13-18(24)22-20(19,23)12-11-14-7-3-5-9-16(14)21/h3-12H,13H2,1-2H3,(H,22,24)/t20-/m0/s1. The van der Waals surface area contributed by atoms with Gasteiger partial charge < -0.3 is 10.2 Å². The number of para-hydroxylation sites is 1. The largest absolute Gasteiger partial charge is 0.335 e.